The number of aldehydes is 1. The highest BCUT2D eigenvalue weighted by Crippen LogP contribution is 2.18. The second kappa shape index (κ2) is 5.61. The largest absolute Gasteiger partial charge is 0.497 e. The highest BCUT2D eigenvalue weighted by Gasteiger charge is 2.00. The first kappa shape index (κ1) is 11.0. The molecule has 0 unspecified atom stereocenters. The van der Waals surface area contributed by atoms with E-state index in [0.29, 0.717) is 17.7 Å². The summed E-state index contributed by atoms with van der Waals surface area (Å²) in [6, 6.07) is 7.27. The van der Waals surface area contributed by atoms with Crippen LogP contribution in [0.1, 0.15) is 17.5 Å². The van der Waals surface area contributed by atoms with Gasteiger partial charge in [-0.1, -0.05) is 12.2 Å². The van der Waals surface area contributed by atoms with Crippen LogP contribution in [0.25, 0.3) is 6.08 Å². The Morgan fingerprint density at radius 3 is 2.93 bits per heavy atom. The molecule has 0 saturated heterocycles. The number of carbonyl (C=O) groups excluding carboxylic acids is 1. The van der Waals surface area contributed by atoms with Crippen molar-refractivity contribution in [2.75, 3.05) is 7.11 Å². The van der Waals surface area contributed by atoms with Crippen molar-refractivity contribution in [2.24, 2.45) is 0 Å². The number of hydrogen-bond donors (Lipinski definition) is 0. The molecule has 3 heteroatoms. The van der Waals surface area contributed by atoms with Gasteiger partial charge in [-0.3, -0.25) is 0 Å². The van der Waals surface area contributed by atoms with Crippen molar-refractivity contribution < 1.29 is 9.53 Å². The first-order valence-corrected chi connectivity index (χ1v) is 4.50. The number of benzene rings is 1. The lowest BCUT2D eigenvalue weighted by Gasteiger charge is -2.02. The minimum Gasteiger partial charge on any atom is -0.497 e. The van der Waals surface area contributed by atoms with Crippen molar-refractivity contribution in [1.82, 2.24) is 0 Å². The molecule has 1 aromatic carbocycles. The molecule has 0 spiro atoms. The monoisotopic (exact) mass is 201 g/mol. The Morgan fingerprint density at radius 2 is 2.33 bits per heavy atom. The molecule has 0 N–H and O–H groups in total. The summed E-state index contributed by atoms with van der Waals surface area (Å²) in [6.07, 6.45) is 4.61. The topological polar surface area (TPSA) is 50.1 Å². The van der Waals surface area contributed by atoms with Gasteiger partial charge in [0.1, 0.15) is 12.0 Å². The molecule has 0 radical (unpaired) electrons. The van der Waals surface area contributed by atoms with E-state index in [0.717, 1.165) is 11.8 Å². The summed E-state index contributed by atoms with van der Waals surface area (Å²) in [6.45, 7) is 0. The van der Waals surface area contributed by atoms with Gasteiger partial charge in [-0.05, 0) is 23.8 Å². The second-order valence-electron chi connectivity index (χ2n) is 2.87. The van der Waals surface area contributed by atoms with Gasteiger partial charge < -0.3 is 9.53 Å². The molecule has 0 saturated carbocycles. The zero-order valence-electron chi connectivity index (χ0n) is 8.43. The maximum absolute atomic E-state index is 10.1. The molecule has 0 aliphatic carbocycles. The van der Waals surface area contributed by atoms with E-state index in [1.54, 1.807) is 37.5 Å². The van der Waals surface area contributed by atoms with Crippen LogP contribution in [0.3, 0.4) is 0 Å². The van der Waals surface area contributed by atoms with E-state index in [9.17, 15) is 4.79 Å². The number of methoxy groups -OCH3 is 1. The van der Waals surface area contributed by atoms with Gasteiger partial charge in [-0.15, -0.1) is 0 Å². The predicted molar refractivity (Wildman–Crippen MR) is 57.4 cm³/mol. The lowest BCUT2D eigenvalue weighted by molar-refractivity contribution is -0.107. The van der Waals surface area contributed by atoms with Gasteiger partial charge in [0.05, 0.1) is 18.7 Å². The molecule has 0 heterocycles. The maximum atomic E-state index is 10.1. The minimum absolute atomic E-state index is 0.349. The van der Waals surface area contributed by atoms with E-state index in [1.807, 2.05) is 0 Å². The Labute approximate surface area is 88.6 Å². The summed E-state index contributed by atoms with van der Waals surface area (Å²) in [4.78, 5) is 10.1. The van der Waals surface area contributed by atoms with Crippen molar-refractivity contribution in [3.8, 4) is 11.8 Å². The maximum Gasteiger partial charge on any atom is 0.123 e. The molecule has 0 bridgehead atoms. The third-order valence-corrected chi connectivity index (χ3v) is 1.91. The molecule has 76 valence electrons. The molecule has 0 aromatic heterocycles. The summed E-state index contributed by atoms with van der Waals surface area (Å²) >= 11 is 0. The van der Waals surface area contributed by atoms with Crippen molar-refractivity contribution in [3.05, 3.63) is 35.4 Å². The molecule has 0 amide bonds. The quantitative estimate of drug-likeness (QED) is 0.701. The molecule has 0 aliphatic rings. The van der Waals surface area contributed by atoms with Gasteiger partial charge in [0.15, 0.2) is 0 Å². The number of rotatable bonds is 4. The van der Waals surface area contributed by atoms with Gasteiger partial charge in [0.25, 0.3) is 0 Å². The van der Waals surface area contributed by atoms with Crippen molar-refractivity contribution in [3.63, 3.8) is 0 Å². The Balaban J connectivity index is 3.02. The summed E-state index contributed by atoms with van der Waals surface area (Å²) < 4.78 is 5.05. The van der Waals surface area contributed by atoms with Crippen LogP contribution >= 0.6 is 0 Å². The van der Waals surface area contributed by atoms with E-state index in [2.05, 4.69) is 6.07 Å². The van der Waals surface area contributed by atoms with E-state index in [4.69, 9.17) is 10.00 Å². The van der Waals surface area contributed by atoms with Crippen LogP contribution in [0.15, 0.2) is 24.3 Å². The fraction of sp³-hybridized carbons (Fsp3) is 0.167. The van der Waals surface area contributed by atoms with Crippen LogP contribution in [0.4, 0.5) is 0 Å². The van der Waals surface area contributed by atoms with Crippen molar-refractivity contribution in [2.45, 2.75) is 6.42 Å². The van der Waals surface area contributed by atoms with Gasteiger partial charge in [-0.25, -0.2) is 0 Å². The molecule has 0 fully saturated rings. The fourth-order valence-corrected chi connectivity index (χ4v) is 1.16. The third kappa shape index (κ3) is 2.96. The Kier molecular flexibility index (Phi) is 4.11. The molecule has 0 atom stereocenters. The van der Waals surface area contributed by atoms with E-state index < -0.39 is 0 Å². The van der Waals surface area contributed by atoms with E-state index in [1.165, 1.54) is 0 Å². The van der Waals surface area contributed by atoms with Gasteiger partial charge in [0.2, 0.25) is 0 Å². The van der Waals surface area contributed by atoms with E-state index in [-0.39, 0.29) is 0 Å². The average molecular weight is 201 g/mol. The van der Waals surface area contributed by atoms with Gasteiger partial charge in [-0.2, -0.15) is 5.26 Å². The number of nitriles is 1. The molecule has 1 rings (SSSR count). The summed E-state index contributed by atoms with van der Waals surface area (Å²) in [5.41, 5.74) is 1.33. The van der Waals surface area contributed by atoms with Crippen LogP contribution in [0.5, 0.6) is 5.75 Å². The highest BCUT2D eigenvalue weighted by atomic mass is 16.5. The zero-order valence-corrected chi connectivity index (χ0v) is 8.43. The Bertz CT molecular complexity index is 416. The lowest BCUT2D eigenvalue weighted by atomic mass is 10.1. The van der Waals surface area contributed by atoms with Crippen LogP contribution in [-0.4, -0.2) is 13.4 Å². The van der Waals surface area contributed by atoms with Crippen LogP contribution in [0, 0.1) is 11.3 Å². The average Bonchev–Trinajstić information content (AvgIpc) is 2.29. The lowest BCUT2D eigenvalue weighted by Crippen LogP contribution is -1.86. The Morgan fingerprint density at radius 1 is 1.53 bits per heavy atom. The standard InChI is InChI=1S/C12H11NO2/c1-15-12-6-5-11(9-13)10(8-12)4-2-3-7-14/h2,4-8H,3H2,1H3. The number of carbonyl (C=O) groups is 1. The normalized spacial score (nSPS) is 9.87. The third-order valence-electron chi connectivity index (χ3n) is 1.91. The first-order chi connectivity index (χ1) is 7.31. The number of nitrogens with zero attached hydrogens (tertiary/aromatic N) is 1. The Hall–Kier alpha value is -2.08. The summed E-state index contributed by atoms with van der Waals surface area (Å²) in [7, 11) is 1.57. The van der Waals surface area contributed by atoms with Crippen LogP contribution in [-0.2, 0) is 4.79 Å². The molecule has 1 aromatic rings. The second-order valence-corrected chi connectivity index (χ2v) is 2.87. The number of hydrogen-bond acceptors (Lipinski definition) is 3. The smallest absolute Gasteiger partial charge is 0.123 e. The SMILES string of the molecule is COc1ccc(C#N)c(C=CCC=O)c1. The number of allylic oxidation sites excluding steroid dienone is 1. The summed E-state index contributed by atoms with van der Waals surface area (Å²) in [5, 5.41) is 8.84. The molecule has 3 nitrogen and oxygen atoms in total. The molecule has 0 aliphatic heterocycles. The summed E-state index contributed by atoms with van der Waals surface area (Å²) in [5.74, 6) is 0.694. The fourth-order valence-electron chi connectivity index (χ4n) is 1.16. The van der Waals surface area contributed by atoms with Gasteiger partial charge in [0, 0.05) is 6.42 Å². The van der Waals surface area contributed by atoms with Crippen molar-refractivity contribution in [1.29, 1.82) is 5.26 Å². The van der Waals surface area contributed by atoms with Gasteiger partial charge >= 0.3 is 0 Å². The van der Waals surface area contributed by atoms with Crippen LogP contribution < -0.4 is 4.74 Å². The number of ether oxygens (including phenoxy) is 1. The minimum atomic E-state index is 0.349. The molecular weight excluding hydrogens is 190 g/mol. The van der Waals surface area contributed by atoms with E-state index >= 15 is 0 Å². The molecule has 15 heavy (non-hydrogen) atoms. The zero-order chi connectivity index (χ0) is 11.1. The first-order valence-electron chi connectivity index (χ1n) is 4.50. The predicted octanol–water partition coefficient (Wildman–Crippen LogP) is 2.17. The highest BCUT2D eigenvalue weighted by molar-refractivity contribution is 5.63. The van der Waals surface area contributed by atoms with Crippen molar-refractivity contribution >= 4 is 12.4 Å². The molecular formula is C12H11NO2. The van der Waals surface area contributed by atoms with Crippen LogP contribution in [0.2, 0.25) is 0 Å².